The molecule has 1 saturated heterocycles. The molecule has 0 saturated carbocycles. The minimum absolute atomic E-state index is 0.143. The number of rotatable bonds is 4. The van der Waals surface area contributed by atoms with Crippen molar-refractivity contribution in [2.45, 2.75) is 12.2 Å². The van der Waals surface area contributed by atoms with Crippen LogP contribution in [0.25, 0.3) is 5.76 Å². The fourth-order valence-corrected chi connectivity index (χ4v) is 3.83. The summed E-state index contributed by atoms with van der Waals surface area (Å²) in [4.78, 5) is 26.8. The van der Waals surface area contributed by atoms with E-state index in [4.69, 9.17) is 4.74 Å². The van der Waals surface area contributed by atoms with Gasteiger partial charge in [-0.2, -0.15) is 13.2 Å². The largest absolute Gasteiger partial charge is 0.507 e. The maximum Gasteiger partial charge on any atom is 0.416 e. The average molecular weight is 471 g/mol. The monoisotopic (exact) mass is 471 g/mol. The third kappa shape index (κ3) is 4.00. The van der Waals surface area contributed by atoms with Gasteiger partial charge in [0.25, 0.3) is 11.7 Å². The Morgan fingerprint density at radius 1 is 0.971 bits per heavy atom. The highest BCUT2D eigenvalue weighted by Gasteiger charge is 2.48. The number of carbonyl (C=O) groups is 2. The Balaban J connectivity index is 1.95. The van der Waals surface area contributed by atoms with Gasteiger partial charge in [0.1, 0.15) is 17.3 Å². The molecular formula is C25H17F4NO4. The molecule has 3 aromatic rings. The van der Waals surface area contributed by atoms with Crippen LogP contribution in [0.3, 0.4) is 0 Å². The molecule has 1 fully saturated rings. The van der Waals surface area contributed by atoms with Gasteiger partial charge >= 0.3 is 6.18 Å². The Morgan fingerprint density at radius 2 is 1.65 bits per heavy atom. The van der Waals surface area contributed by atoms with E-state index in [2.05, 4.69) is 0 Å². The predicted molar refractivity (Wildman–Crippen MR) is 116 cm³/mol. The van der Waals surface area contributed by atoms with Crippen LogP contribution in [-0.2, 0) is 15.8 Å². The van der Waals surface area contributed by atoms with Gasteiger partial charge in [-0.3, -0.25) is 14.5 Å². The van der Waals surface area contributed by atoms with Gasteiger partial charge < -0.3 is 9.84 Å². The Hall–Kier alpha value is -4.14. The number of carbonyl (C=O) groups excluding carboxylic acids is 2. The quantitative estimate of drug-likeness (QED) is 0.237. The van der Waals surface area contributed by atoms with E-state index in [1.54, 1.807) is 0 Å². The van der Waals surface area contributed by atoms with Gasteiger partial charge in [0, 0.05) is 16.8 Å². The fourth-order valence-electron chi connectivity index (χ4n) is 3.83. The number of halogens is 4. The maximum atomic E-state index is 14.8. The smallest absolute Gasteiger partial charge is 0.416 e. The Morgan fingerprint density at radius 3 is 2.26 bits per heavy atom. The summed E-state index contributed by atoms with van der Waals surface area (Å²) in [6.45, 7) is 0. The first-order valence-corrected chi connectivity index (χ1v) is 10.0. The summed E-state index contributed by atoms with van der Waals surface area (Å²) in [5.74, 6) is -3.27. The van der Waals surface area contributed by atoms with Crippen molar-refractivity contribution >= 4 is 23.1 Å². The summed E-state index contributed by atoms with van der Waals surface area (Å²) in [5, 5.41) is 11.0. The second-order valence-electron chi connectivity index (χ2n) is 7.47. The molecule has 174 valence electrons. The lowest BCUT2D eigenvalue weighted by atomic mass is 9.94. The van der Waals surface area contributed by atoms with Crippen molar-refractivity contribution in [2.75, 3.05) is 12.0 Å². The Labute approximate surface area is 191 Å². The molecule has 34 heavy (non-hydrogen) atoms. The van der Waals surface area contributed by atoms with Gasteiger partial charge in [-0.05, 0) is 48.5 Å². The topological polar surface area (TPSA) is 66.8 Å². The minimum atomic E-state index is -4.71. The lowest BCUT2D eigenvalue weighted by molar-refractivity contribution is -0.137. The van der Waals surface area contributed by atoms with Crippen molar-refractivity contribution in [3.8, 4) is 5.75 Å². The number of amides is 1. The van der Waals surface area contributed by atoms with Crippen LogP contribution in [0.4, 0.5) is 23.2 Å². The number of hydrogen-bond donors (Lipinski definition) is 1. The summed E-state index contributed by atoms with van der Waals surface area (Å²) >= 11 is 0. The van der Waals surface area contributed by atoms with Gasteiger partial charge in [-0.25, -0.2) is 4.39 Å². The molecule has 1 N–H and O–H groups in total. The first-order chi connectivity index (χ1) is 16.1. The summed E-state index contributed by atoms with van der Waals surface area (Å²) < 4.78 is 59.8. The van der Waals surface area contributed by atoms with Gasteiger partial charge in [0.05, 0.1) is 24.3 Å². The molecule has 5 nitrogen and oxygen atoms in total. The summed E-state index contributed by atoms with van der Waals surface area (Å²) in [5.41, 5.74) is -1.77. The van der Waals surface area contributed by atoms with Crippen LogP contribution < -0.4 is 9.64 Å². The lowest BCUT2D eigenvalue weighted by Gasteiger charge is -2.26. The van der Waals surface area contributed by atoms with Gasteiger partial charge in [-0.15, -0.1) is 0 Å². The van der Waals surface area contributed by atoms with Crippen LogP contribution in [0.5, 0.6) is 5.75 Å². The maximum absolute atomic E-state index is 14.8. The Bertz CT molecular complexity index is 1300. The first kappa shape index (κ1) is 23.0. The van der Waals surface area contributed by atoms with Gasteiger partial charge in [0.15, 0.2) is 0 Å². The number of benzene rings is 3. The van der Waals surface area contributed by atoms with Crippen molar-refractivity contribution in [2.24, 2.45) is 0 Å². The van der Waals surface area contributed by atoms with Crippen LogP contribution in [0.1, 0.15) is 22.7 Å². The van der Waals surface area contributed by atoms with Gasteiger partial charge in [-0.1, -0.05) is 24.3 Å². The number of Topliss-reactive ketones (excluding diaryl/α,β-unsaturated/α-hetero) is 1. The second-order valence-corrected chi connectivity index (χ2v) is 7.47. The first-order valence-electron chi connectivity index (χ1n) is 10.0. The second kappa shape index (κ2) is 8.66. The molecule has 1 aliphatic rings. The number of nitrogens with zero attached hydrogens (tertiary/aromatic N) is 1. The van der Waals surface area contributed by atoms with Gasteiger partial charge in [0.2, 0.25) is 0 Å². The molecular weight excluding hydrogens is 454 g/mol. The molecule has 1 heterocycles. The third-order valence-electron chi connectivity index (χ3n) is 5.46. The molecule has 1 atom stereocenters. The van der Waals surface area contributed by atoms with Crippen molar-refractivity contribution < 1.29 is 37.0 Å². The Kier molecular flexibility index (Phi) is 5.87. The normalized spacial score (nSPS) is 17.8. The molecule has 0 bridgehead atoms. The van der Waals surface area contributed by atoms with E-state index in [9.17, 15) is 32.3 Å². The van der Waals surface area contributed by atoms with Crippen LogP contribution in [0, 0.1) is 5.82 Å². The fraction of sp³-hybridized carbons (Fsp3) is 0.120. The molecule has 3 aromatic carbocycles. The number of hydrogen-bond acceptors (Lipinski definition) is 4. The highest BCUT2D eigenvalue weighted by atomic mass is 19.4. The van der Waals surface area contributed by atoms with E-state index in [1.165, 1.54) is 55.6 Å². The highest BCUT2D eigenvalue weighted by Crippen LogP contribution is 2.44. The zero-order valence-corrected chi connectivity index (χ0v) is 17.6. The lowest BCUT2D eigenvalue weighted by Crippen LogP contribution is -2.30. The number of alkyl halides is 3. The van der Waals surface area contributed by atoms with Crippen LogP contribution in [-0.4, -0.2) is 23.9 Å². The molecule has 0 radical (unpaired) electrons. The zero-order chi connectivity index (χ0) is 24.6. The van der Waals surface area contributed by atoms with Crippen LogP contribution >= 0.6 is 0 Å². The number of anilines is 1. The van der Waals surface area contributed by atoms with E-state index in [1.807, 2.05) is 0 Å². The number of ketones is 1. The van der Waals surface area contributed by atoms with Crippen molar-refractivity contribution in [3.63, 3.8) is 0 Å². The summed E-state index contributed by atoms with van der Waals surface area (Å²) in [6.07, 6.45) is -4.71. The van der Waals surface area contributed by atoms with E-state index >= 15 is 0 Å². The molecule has 9 heteroatoms. The summed E-state index contributed by atoms with van der Waals surface area (Å²) in [6, 6.07) is 13.4. The van der Waals surface area contributed by atoms with E-state index in [0.717, 1.165) is 23.1 Å². The van der Waals surface area contributed by atoms with E-state index < -0.39 is 46.6 Å². The standard InChI is InChI=1S/C25H17F4NO4/c1-34-17-11-9-14(10-12-17)22(31)20-21(18-7-2-3-8-19(18)26)30(24(33)23(20)32)16-6-4-5-15(13-16)25(27,28)29/h2-13,21,31H,1H3/t21-/m1/s1. The van der Waals surface area contributed by atoms with E-state index in [0.29, 0.717) is 11.8 Å². The molecule has 0 aliphatic carbocycles. The number of aliphatic hydroxyl groups is 1. The molecule has 4 rings (SSSR count). The molecule has 0 spiro atoms. The molecule has 1 amide bonds. The molecule has 0 unspecified atom stereocenters. The van der Waals surface area contributed by atoms with E-state index in [-0.39, 0.29) is 16.8 Å². The number of aliphatic hydroxyl groups excluding tert-OH is 1. The number of ether oxygens (including phenoxy) is 1. The van der Waals surface area contributed by atoms with Crippen molar-refractivity contribution in [3.05, 3.63) is 101 Å². The highest BCUT2D eigenvalue weighted by molar-refractivity contribution is 6.51. The molecule has 0 aromatic heterocycles. The summed E-state index contributed by atoms with van der Waals surface area (Å²) in [7, 11) is 1.44. The van der Waals surface area contributed by atoms with Crippen LogP contribution in [0.2, 0.25) is 0 Å². The van der Waals surface area contributed by atoms with Crippen molar-refractivity contribution in [1.29, 1.82) is 0 Å². The average Bonchev–Trinajstić information content (AvgIpc) is 3.08. The predicted octanol–water partition coefficient (Wildman–Crippen LogP) is 5.48. The molecule has 1 aliphatic heterocycles. The zero-order valence-electron chi connectivity index (χ0n) is 17.6. The SMILES string of the molecule is COc1ccc(C(O)=C2C(=O)C(=O)N(c3cccc(C(F)(F)F)c3)[C@@H]2c2ccccc2F)cc1. The minimum Gasteiger partial charge on any atom is -0.507 e. The number of methoxy groups -OCH3 is 1. The third-order valence-corrected chi connectivity index (χ3v) is 5.46. The van der Waals surface area contributed by atoms with Crippen LogP contribution in [0.15, 0.2) is 78.4 Å². The van der Waals surface area contributed by atoms with Crippen molar-refractivity contribution in [1.82, 2.24) is 0 Å².